The smallest absolute Gasteiger partial charge is 0.141 e. The van der Waals surface area contributed by atoms with E-state index < -0.39 is 5.54 Å². The van der Waals surface area contributed by atoms with Gasteiger partial charge >= 0.3 is 0 Å². The molecule has 19 heavy (non-hydrogen) atoms. The molecule has 1 atom stereocenters. The van der Waals surface area contributed by atoms with Crippen LogP contribution in [0.25, 0.3) is 10.8 Å². The molecular weight excluding hydrogens is 236 g/mol. The quantitative estimate of drug-likeness (QED) is 0.910. The second-order valence-electron chi connectivity index (χ2n) is 5.22. The van der Waals surface area contributed by atoms with Crippen molar-refractivity contribution in [1.29, 1.82) is 5.26 Å². The Labute approximate surface area is 112 Å². The van der Waals surface area contributed by atoms with Gasteiger partial charge in [0, 0.05) is 0 Å². The van der Waals surface area contributed by atoms with Crippen molar-refractivity contribution in [1.82, 2.24) is 0 Å². The molecule has 3 rings (SSSR count). The van der Waals surface area contributed by atoms with Crippen LogP contribution in [0.4, 0.5) is 0 Å². The van der Waals surface area contributed by atoms with Gasteiger partial charge in [0.05, 0.1) is 6.07 Å². The lowest BCUT2D eigenvalue weighted by Crippen LogP contribution is -2.46. The van der Waals surface area contributed by atoms with Crippen molar-refractivity contribution in [2.24, 2.45) is 11.7 Å². The average Bonchev–Trinajstić information content (AvgIpc) is 3.29. The van der Waals surface area contributed by atoms with E-state index in [0.29, 0.717) is 0 Å². The predicted molar refractivity (Wildman–Crippen MR) is 74.7 cm³/mol. The van der Waals surface area contributed by atoms with E-state index >= 15 is 0 Å². The summed E-state index contributed by atoms with van der Waals surface area (Å²) in [7, 11) is 0. The van der Waals surface area contributed by atoms with Crippen LogP contribution in [0, 0.1) is 17.2 Å². The Bertz CT molecular complexity index is 642. The first-order valence-corrected chi connectivity index (χ1v) is 6.53. The van der Waals surface area contributed by atoms with E-state index in [0.717, 1.165) is 24.0 Å². The van der Waals surface area contributed by atoms with Gasteiger partial charge in [-0.3, -0.25) is 0 Å². The Kier molecular flexibility index (Phi) is 2.88. The maximum absolute atomic E-state index is 9.19. The minimum atomic E-state index is -0.842. The third kappa shape index (κ3) is 2.40. The summed E-state index contributed by atoms with van der Waals surface area (Å²) in [4.78, 5) is 0. The lowest BCUT2D eigenvalue weighted by atomic mass is 9.98. The third-order valence-electron chi connectivity index (χ3n) is 3.71. The number of nitrogens with zero attached hydrogens (tertiary/aromatic N) is 1. The maximum Gasteiger partial charge on any atom is 0.141 e. The van der Waals surface area contributed by atoms with Crippen LogP contribution in [-0.2, 0) is 0 Å². The lowest BCUT2D eigenvalue weighted by molar-refractivity contribution is 0.237. The number of rotatable bonds is 4. The molecule has 1 aliphatic rings. The van der Waals surface area contributed by atoms with E-state index in [-0.39, 0.29) is 12.5 Å². The molecule has 3 nitrogen and oxygen atoms in total. The van der Waals surface area contributed by atoms with Crippen molar-refractivity contribution in [3.63, 3.8) is 0 Å². The molecule has 0 spiro atoms. The first-order valence-electron chi connectivity index (χ1n) is 6.53. The second-order valence-corrected chi connectivity index (χ2v) is 5.22. The molecule has 1 unspecified atom stereocenters. The van der Waals surface area contributed by atoms with E-state index in [9.17, 15) is 5.26 Å². The van der Waals surface area contributed by atoms with Crippen molar-refractivity contribution in [2.45, 2.75) is 18.4 Å². The molecule has 0 radical (unpaired) electrons. The molecule has 0 aliphatic heterocycles. The zero-order valence-corrected chi connectivity index (χ0v) is 10.7. The highest BCUT2D eigenvalue weighted by Gasteiger charge is 2.43. The second kappa shape index (κ2) is 4.56. The molecule has 2 N–H and O–H groups in total. The van der Waals surface area contributed by atoms with Gasteiger partial charge < -0.3 is 10.5 Å². The van der Waals surface area contributed by atoms with E-state index in [1.54, 1.807) is 0 Å². The van der Waals surface area contributed by atoms with E-state index in [4.69, 9.17) is 10.5 Å². The van der Waals surface area contributed by atoms with E-state index in [2.05, 4.69) is 12.1 Å². The molecule has 0 bridgehead atoms. The number of ether oxygens (including phenoxy) is 1. The molecule has 1 saturated carbocycles. The Morgan fingerprint density at radius 3 is 2.63 bits per heavy atom. The molecule has 0 aromatic heterocycles. The van der Waals surface area contributed by atoms with Crippen LogP contribution in [0.2, 0.25) is 0 Å². The Morgan fingerprint density at radius 2 is 1.95 bits per heavy atom. The third-order valence-corrected chi connectivity index (χ3v) is 3.71. The maximum atomic E-state index is 9.19. The lowest BCUT2D eigenvalue weighted by Gasteiger charge is -2.21. The van der Waals surface area contributed by atoms with Crippen LogP contribution in [0.3, 0.4) is 0 Å². The Balaban J connectivity index is 1.76. The number of hydrogen-bond acceptors (Lipinski definition) is 3. The molecule has 2 aromatic carbocycles. The first kappa shape index (κ1) is 12.0. The van der Waals surface area contributed by atoms with Crippen LogP contribution in [-0.4, -0.2) is 12.1 Å². The van der Waals surface area contributed by atoms with Gasteiger partial charge in [0.25, 0.3) is 0 Å². The van der Waals surface area contributed by atoms with Gasteiger partial charge in [-0.05, 0) is 41.7 Å². The van der Waals surface area contributed by atoms with Gasteiger partial charge in [0.2, 0.25) is 0 Å². The molecule has 0 amide bonds. The van der Waals surface area contributed by atoms with Crippen molar-refractivity contribution in [3.05, 3.63) is 42.5 Å². The molecular formula is C16H16N2O. The topological polar surface area (TPSA) is 59.0 Å². The van der Waals surface area contributed by atoms with Crippen molar-refractivity contribution >= 4 is 10.8 Å². The highest BCUT2D eigenvalue weighted by molar-refractivity contribution is 5.83. The molecule has 3 heteroatoms. The van der Waals surface area contributed by atoms with E-state index in [1.807, 2.05) is 36.4 Å². The molecule has 1 fully saturated rings. The summed E-state index contributed by atoms with van der Waals surface area (Å²) < 4.78 is 5.72. The number of fused-ring (bicyclic) bond motifs is 1. The molecule has 0 heterocycles. The van der Waals surface area contributed by atoms with Gasteiger partial charge in [-0.2, -0.15) is 5.26 Å². The van der Waals surface area contributed by atoms with Crippen LogP contribution in [0.15, 0.2) is 42.5 Å². The SMILES string of the molecule is N#CC(N)(COc1ccc2ccccc2c1)C1CC1. The highest BCUT2D eigenvalue weighted by atomic mass is 16.5. The summed E-state index contributed by atoms with van der Waals surface area (Å²) in [6.45, 7) is 0.256. The fourth-order valence-corrected chi connectivity index (χ4v) is 2.30. The van der Waals surface area contributed by atoms with Crippen LogP contribution in [0.1, 0.15) is 12.8 Å². The summed E-state index contributed by atoms with van der Waals surface area (Å²) in [5.41, 5.74) is 5.24. The zero-order valence-electron chi connectivity index (χ0n) is 10.7. The largest absolute Gasteiger partial charge is 0.491 e. The van der Waals surface area contributed by atoms with Gasteiger partial charge in [-0.25, -0.2) is 0 Å². The minimum Gasteiger partial charge on any atom is -0.491 e. The monoisotopic (exact) mass is 252 g/mol. The van der Waals surface area contributed by atoms with Gasteiger partial charge in [0.1, 0.15) is 17.9 Å². The number of benzene rings is 2. The predicted octanol–water partition coefficient (Wildman–Crippen LogP) is 2.85. The number of nitrogens with two attached hydrogens (primary N) is 1. The summed E-state index contributed by atoms with van der Waals surface area (Å²) in [5.74, 6) is 1.06. The Hall–Kier alpha value is -2.05. The Morgan fingerprint density at radius 1 is 1.21 bits per heavy atom. The molecule has 0 saturated heterocycles. The molecule has 1 aliphatic carbocycles. The fourth-order valence-electron chi connectivity index (χ4n) is 2.30. The van der Waals surface area contributed by atoms with Crippen molar-refractivity contribution in [3.8, 4) is 11.8 Å². The van der Waals surface area contributed by atoms with E-state index in [1.165, 1.54) is 5.39 Å². The van der Waals surface area contributed by atoms with Crippen molar-refractivity contribution in [2.75, 3.05) is 6.61 Å². The summed E-state index contributed by atoms with van der Waals surface area (Å²) in [6.07, 6.45) is 2.07. The summed E-state index contributed by atoms with van der Waals surface area (Å²) in [5, 5.41) is 11.5. The van der Waals surface area contributed by atoms with Crippen LogP contribution in [0.5, 0.6) is 5.75 Å². The summed E-state index contributed by atoms with van der Waals surface area (Å²) >= 11 is 0. The van der Waals surface area contributed by atoms with Crippen LogP contribution >= 0.6 is 0 Å². The normalized spacial score (nSPS) is 17.7. The summed E-state index contributed by atoms with van der Waals surface area (Å²) in [6, 6.07) is 16.2. The minimum absolute atomic E-state index is 0.256. The van der Waals surface area contributed by atoms with Gasteiger partial charge in [-0.1, -0.05) is 30.3 Å². The molecule has 96 valence electrons. The van der Waals surface area contributed by atoms with Crippen LogP contribution < -0.4 is 10.5 Å². The van der Waals surface area contributed by atoms with Gasteiger partial charge in [0.15, 0.2) is 0 Å². The first-order chi connectivity index (χ1) is 9.21. The number of hydrogen-bond donors (Lipinski definition) is 1. The average molecular weight is 252 g/mol. The van der Waals surface area contributed by atoms with Crippen molar-refractivity contribution < 1.29 is 4.74 Å². The zero-order chi connectivity index (χ0) is 13.3. The molecule has 2 aromatic rings. The number of nitriles is 1. The fraction of sp³-hybridized carbons (Fsp3) is 0.312. The highest BCUT2D eigenvalue weighted by Crippen LogP contribution is 2.38. The van der Waals surface area contributed by atoms with Gasteiger partial charge in [-0.15, -0.1) is 0 Å². The standard InChI is InChI=1S/C16H16N2O/c17-10-16(18,14-6-7-14)11-19-15-8-5-12-3-1-2-4-13(12)9-15/h1-5,8-9,14H,6-7,11,18H2.